The number of nitrogen functional groups attached to an aromatic ring is 1. The fourth-order valence-electron chi connectivity index (χ4n) is 2.06. The summed E-state index contributed by atoms with van der Waals surface area (Å²) in [6.45, 7) is 5.51. The van der Waals surface area contributed by atoms with Crippen molar-refractivity contribution in [3.8, 4) is 0 Å². The van der Waals surface area contributed by atoms with Gasteiger partial charge in [-0.2, -0.15) is 0 Å². The smallest absolute Gasteiger partial charge is 0.362 e. The first kappa shape index (κ1) is 16.5. The highest BCUT2D eigenvalue weighted by Gasteiger charge is 2.24. The van der Waals surface area contributed by atoms with E-state index in [1.165, 1.54) is 11.8 Å². The fourth-order valence-corrected chi connectivity index (χ4v) is 2.06. The third-order valence-corrected chi connectivity index (χ3v) is 3.72. The summed E-state index contributed by atoms with van der Waals surface area (Å²) in [4.78, 5) is 23.9. The summed E-state index contributed by atoms with van der Waals surface area (Å²) in [5, 5.41) is 10.3. The minimum atomic E-state index is -0.735. The average molecular weight is 317 g/mol. The summed E-state index contributed by atoms with van der Waals surface area (Å²) in [5.41, 5.74) is 8.48. The lowest BCUT2D eigenvalue weighted by Gasteiger charge is -2.15. The molecule has 1 aromatic heterocycles. The van der Waals surface area contributed by atoms with Gasteiger partial charge in [-0.05, 0) is 38.0 Å². The predicted molar refractivity (Wildman–Crippen MR) is 85.0 cm³/mol. The van der Waals surface area contributed by atoms with Crippen molar-refractivity contribution in [3.05, 3.63) is 35.0 Å². The topological polar surface area (TPSA) is 112 Å². The molecule has 0 aliphatic rings. The third-order valence-electron chi connectivity index (χ3n) is 3.72. The van der Waals surface area contributed by atoms with Gasteiger partial charge in [-0.1, -0.05) is 17.3 Å². The standard InChI is InChI=1S/C15H19N5O3/c1-8-6-5-7-11(9(8)2)17-14(21)10(3)20-13(16)12(18-19-20)15(22)23-4/h5-7,10H,16H2,1-4H3,(H,17,21). The highest BCUT2D eigenvalue weighted by atomic mass is 16.5. The number of anilines is 2. The Morgan fingerprint density at radius 3 is 2.70 bits per heavy atom. The molecule has 0 radical (unpaired) electrons. The van der Waals surface area contributed by atoms with Crippen LogP contribution in [0.25, 0.3) is 0 Å². The first-order valence-corrected chi connectivity index (χ1v) is 7.02. The highest BCUT2D eigenvalue weighted by Crippen LogP contribution is 2.21. The molecule has 2 rings (SSSR count). The van der Waals surface area contributed by atoms with E-state index in [1.807, 2.05) is 32.0 Å². The summed E-state index contributed by atoms with van der Waals surface area (Å²) in [6, 6.07) is 4.91. The third kappa shape index (κ3) is 3.15. The number of esters is 1. The van der Waals surface area contributed by atoms with Crippen molar-refractivity contribution in [2.24, 2.45) is 0 Å². The number of amides is 1. The normalized spacial score (nSPS) is 11.8. The number of nitrogens with two attached hydrogens (primary N) is 1. The van der Waals surface area contributed by atoms with E-state index in [0.717, 1.165) is 11.1 Å². The minimum Gasteiger partial charge on any atom is -0.464 e. The number of aryl methyl sites for hydroxylation is 1. The number of hydrogen-bond donors (Lipinski definition) is 2. The largest absolute Gasteiger partial charge is 0.464 e. The molecule has 1 unspecified atom stereocenters. The summed E-state index contributed by atoms with van der Waals surface area (Å²) >= 11 is 0. The fraction of sp³-hybridized carbons (Fsp3) is 0.333. The van der Waals surface area contributed by atoms with Gasteiger partial charge >= 0.3 is 5.97 Å². The Labute approximate surface area is 133 Å². The number of aromatic nitrogens is 3. The van der Waals surface area contributed by atoms with E-state index < -0.39 is 12.0 Å². The lowest BCUT2D eigenvalue weighted by molar-refractivity contribution is -0.119. The quantitative estimate of drug-likeness (QED) is 0.826. The van der Waals surface area contributed by atoms with Gasteiger partial charge in [-0.25, -0.2) is 9.48 Å². The molecule has 3 N–H and O–H groups in total. The highest BCUT2D eigenvalue weighted by molar-refractivity contribution is 5.95. The van der Waals surface area contributed by atoms with Crippen LogP contribution in [0.4, 0.5) is 11.5 Å². The second-order valence-electron chi connectivity index (χ2n) is 5.17. The molecule has 0 bridgehead atoms. The number of rotatable bonds is 4. The van der Waals surface area contributed by atoms with Crippen molar-refractivity contribution in [1.82, 2.24) is 15.0 Å². The Morgan fingerprint density at radius 2 is 2.04 bits per heavy atom. The molecule has 1 amide bonds. The van der Waals surface area contributed by atoms with E-state index in [4.69, 9.17) is 5.73 Å². The number of ether oxygens (including phenoxy) is 1. The summed E-state index contributed by atoms with van der Waals surface area (Å²) < 4.78 is 5.75. The number of benzene rings is 1. The number of hydrogen-bond acceptors (Lipinski definition) is 6. The summed E-state index contributed by atoms with van der Waals surface area (Å²) in [6.07, 6.45) is 0. The Hall–Kier alpha value is -2.90. The van der Waals surface area contributed by atoms with E-state index in [-0.39, 0.29) is 17.4 Å². The molecule has 0 aliphatic carbocycles. The first-order valence-electron chi connectivity index (χ1n) is 7.02. The molecule has 1 heterocycles. The van der Waals surface area contributed by atoms with E-state index in [9.17, 15) is 9.59 Å². The lowest BCUT2D eigenvalue weighted by Crippen LogP contribution is -2.26. The Balaban J connectivity index is 2.22. The molecule has 1 atom stereocenters. The monoisotopic (exact) mass is 317 g/mol. The minimum absolute atomic E-state index is 0.0135. The zero-order valence-corrected chi connectivity index (χ0v) is 13.5. The Bertz CT molecular complexity index is 754. The van der Waals surface area contributed by atoms with Crippen LogP contribution in [0.3, 0.4) is 0 Å². The summed E-state index contributed by atoms with van der Waals surface area (Å²) in [5.74, 6) is -1.02. The zero-order valence-electron chi connectivity index (χ0n) is 13.5. The van der Waals surface area contributed by atoms with Gasteiger partial charge < -0.3 is 15.8 Å². The van der Waals surface area contributed by atoms with Gasteiger partial charge in [-0.3, -0.25) is 4.79 Å². The second-order valence-corrected chi connectivity index (χ2v) is 5.17. The van der Waals surface area contributed by atoms with Crippen LogP contribution < -0.4 is 11.1 Å². The maximum atomic E-state index is 12.4. The molecule has 23 heavy (non-hydrogen) atoms. The molecule has 2 aromatic rings. The van der Waals surface area contributed by atoms with Gasteiger partial charge in [0, 0.05) is 5.69 Å². The van der Waals surface area contributed by atoms with Gasteiger partial charge in [0.2, 0.25) is 11.6 Å². The van der Waals surface area contributed by atoms with Crippen molar-refractivity contribution in [1.29, 1.82) is 0 Å². The molecule has 8 heteroatoms. The maximum Gasteiger partial charge on any atom is 0.362 e. The Morgan fingerprint density at radius 1 is 1.35 bits per heavy atom. The number of carbonyl (C=O) groups excluding carboxylic acids is 2. The van der Waals surface area contributed by atoms with Crippen LogP contribution >= 0.6 is 0 Å². The van der Waals surface area contributed by atoms with E-state index >= 15 is 0 Å². The van der Waals surface area contributed by atoms with Gasteiger partial charge in [0.05, 0.1) is 7.11 Å². The number of nitrogens with one attached hydrogen (secondary N) is 1. The SMILES string of the molecule is COC(=O)c1nnn(C(C)C(=O)Nc2cccc(C)c2C)c1N. The van der Waals surface area contributed by atoms with Crippen molar-refractivity contribution in [3.63, 3.8) is 0 Å². The van der Waals surface area contributed by atoms with Gasteiger partial charge in [0.25, 0.3) is 0 Å². The molecule has 0 saturated heterocycles. The first-order chi connectivity index (χ1) is 10.9. The number of carbonyl (C=O) groups is 2. The van der Waals surface area contributed by atoms with Crippen molar-refractivity contribution >= 4 is 23.4 Å². The average Bonchev–Trinajstić information content (AvgIpc) is 2.91. The van der Waals surface area contributed by atoms with Crippen molar-refractivity contribution in [2.45, 2.75) is 26.8 Å². The van der Waals surface area contributed by atoms with E-state index in [1.54, 1.807) is 6.92 Å². The molecule has 0 fully saturated rings. The second kappa shape index (κ2) is 6.47. The van der Waals surface area contributed by atoms with Crippen LogP contribution in [-0.2, 0) is 9.53 Å². The maximum absolute atomic E-state index is 12.4. The van der Waals surface area contributed by atoms with Crippen LogP contribution in [0.5, 0.6) is 0 Å². The molecular formula is C15H19N5O3. The van der Waals surface area contributed by atoms with Gasteiger partial charge in [0.15, 0.2) is 5.82 Å². The van der Waals surface area contributed by atoms with Gasteiger partial charge in [-0.15, -0.1) is 5.10 Å². The van der Waals surface area contributed by atoms with E-state index in [0.29, 0.717) is 5.69 Å². The molecule has 0 saturated carbocycles. The summed E-state index contributed by atoms with van der Waals surface area (Å²) in [7, 11) is 1.22. The van der Waals surface area contributed by atoms with Crippen LogP contribution in [0, 0.1) is 13.8 Å². The van der Waals surface area contributed by atoms with Gasteiger partial charge in [0.1, 0.15) is 6.04 Å². The van der Waals surface area contributed by atoms with Crippen LogP contribution in [0.2, 0.25) is 0 Å². The molecule has 0 aliphatic heterocycles. The van der Waals surface area contributed by atoms with E-state index in [2.05, 4.69) is 20.4 Å². The Kier molecular flexibility index (Phi) is 4.63. The number of nitrogens with zero attached hydrogens (tertiary/aromatic N) is 3. The molecular weight excluding hydrogens is 298 g/mol. The van der Waals surface area contributed by atoms with Crippen LogP contribution in [-0.4, -0.2) is 34.0 Å². The lowest BCUT2D eigenvalue weighted by atomic mass is 10.1. The van der Waals surface area contributed by atoms with Crippen LogP contribution in [0.15, 0.2) is 18.2 Å². The van der Waals surface area contributed by atoms with Crippen LogP contribution in [0.1, 0.15) is 34.6 Å². The molecule has 8 nitrogen and oxygen atoms in total. The predicted octanol–water partition coefficient (Wildman–Crippen LogP) is 1.46. The number of methoxy groups -OCH3 is 1. The molecule has 122 valence electrons. The molecule has 1 aromatic carbocycles. The van der Waals surface area contributed by atoms with Crippen molar-refractivity contribution in [2.75, 3.05) is 18.2 Å². The van der Waals surface area contributed by atoms with Crippen molar-refractivity contribution < 1.29 is 14.3 Å². The zero-order chi connectivity index (χ0) is 17.1. The molecule has 0 spiro atoms.